The minimum Gasteiger partial charge on any atom is -0.245 e. The SMILES string of the molecule is CCCCCCc1cc(-c2ccc(-c3ccc4ccc5ccc(-c6ccc(Cl)cc6)nc5c4n3)cc2)c(CCCCCC)cc1-c1ccc(-c2ccc3ccc4ccc(-c5ccc(Cl)cc5)nc4c3n2)cc1. The van der Waals surface area contributed by atoms with Crippen molar-refractivity contribution in [2.75, 3.05) is 0 Å². The van der Waals surface area contributed by atoms with Crippen LogP contribution in [0.5, 0.6) is 0 Å². The highest BCUT2D eigenvalue weighted by Gasteiger charge is 2.17. The van der Waals surface area contributed by atoms with E-state index in [1.165, 1.54) is 71.9 Å². The molecule has 0 spiro atoms. The highest BCUT2D eigenvalue weighted by atomic mass is 35.5. The second-order valence-corrected chi connectivity index (χ2v) is 20.0. The van der Waals surface area contributed by atoms with E-state index in [0.717, 1.165) is 114 Å². The zero-order valence-electron chi connectivity index (χ0n) is 40.9. The summed E-state index contributed by atoms with van der Waals surface area (Å²) in [6.07, 6.45) is 11.8. The molecule has 0 aliphatic heterocycles. The van der Waals surface area contributed by atoms with Gasteiger partial charge in [-0.1, -0.05) is 209 Å². The lowest BCUT2D eigenvalue weighted by Gasteiger charge is -2.18. The molecular weight excluding hydrogens is 920 g/mol. The van der Waals surface area contributed by atoms with Crippen molar-refractivity contribution < 1.29 is 0 Å². The van der Waals surface area contributed by atoms with E-state index >= 15 is 0 Å². The third-order valence-corrected chi connectivity index (χ3v) is 14.7. The van der Waals surface area contributed by atoms with Crippen molar-refractivity contribution in [1.82, 2.24) is 19.9 Å². The van der Waals surface area contributed by atoms with Gasteiger partial charge in [0.25, 0.3) is 0 Å². The molecule has 0 radical (unpaired) electrons. The van der Waals surface area contributed by atoms with Crippen LogP contribution in [0.25, 0.3) is 111 Å². The Morgan fingerprint density at radius 3 is 0.847 bits per heavy atom. The van der Waals surface area contributed by atoms with Gasteiger partial charge in [0, 0.05) is 53.8 Å². The van der Waals surface area contributed by atoms with E-state index in [1.54, 1.807) is 0 Å². The second kappa shape index (κ2) is 21.2. The van der Waals surface area contributed by atoms with E-state index in [4.69, 9.17) is 43.1 Å². The van der Waals surface area contributed by atoms with Crippen LogP contribution in [0.2, 0.25) is 10.0 Å². The fourth-order valence-corrected chi connectivity index (χ4v) is 10.4. The van der Waals surface area contributed by atoms with Crippen LogP contribution in [-0.4, -0.2) is 19.9 Å². The highest BCUT2D eigenvalue weighted by Crippen LogP contribution is 2.38. The van der Waals surface area contributed by atoms with Gasteiger partial charge in [0.15, 0.2) is 0 Å². The number of aromatic nitrogens is 4. The number of aryl methyl sites for hydroxylation is 2. The Kier molecular flexibility index (Phi) is 13.9. The van der Waals surface area contributed by atoms with E-state index in [2.05, 4.69) is 147 Å². The maximum Gasteiger partial charge on any atom is 0.0972 e. The highest BCUT2D eigenvalue weighted by molar-refractivity contribution is 6.31. The number of unbranched alkanes of at least 4 members (excludes halogenated alkanes) is 6. The van der Waals surface area contributed by atoms with Crippen molar-refractivity contribution in [2.45, 2.75) is 78.1 Å². The molecule has 0 aliphatic carbocycles. The van der Waals surface area contributed by atoms with E-state index in [0.29, 0.717) is 10.0 Å². The van der Waals surface area contributed by atoms with Gasteiger partial charge in [0.2, 0.25) is 0 Å². The van der Waals surface area contributed by atoms with Gasteiger partial charge >= 0.3 is 0 Å². The minimum absolute atomic E-state index is 0.710. The molecule has 11 aromatic rings. The standard InChI is InChI=1S/C66H56Cl2N4/c1-3-5-7-9-11-53-41-58(44-15-19-46(20-16-44)60-38-30-50-22-24-52-32-40-62(72-66(52)64(50)70-60)48-27-35-56(68)36-28-48)54(12-10-8-6-4-2)42-57(53)43-13-17-45(18-14-43)59-37-29-49-21-23-51-31-39-61(71-65(51)63(49)69-59)47-25-33-55(67)34-26-47/h13-42H,3-12H2,1-2H3. The Morgan fingerprint density at radius 1 is 0.292 bits per heavy atom. The second-order valence-electron chi connectivity index (χ2n) is 19.2. The number of hydrogen-bond donors (Lipinski definition) is 0. The molecule has 0 amide bonds. The molecule has 4 nitrogen and oxygen atoms in total. The fourth-order valence-electron chi connectivity index (χ4n) is 10.2. The van der Waals surface area contributed by atoms with Crippen LogP contribution in [0.4, 0.5) is 0 Å². The Bertz CT molecular complexity index is 3470. The Morgan fingerprint density at radius 2 is 0.556 bits per heavy atom. The maximum absolute atomic E-state index is 6.22. The van der Waals surface area contributed by atoms with Gasteiger partial charge in [-0.15, -0.1) is 0 Å². The molecule has 0 saturated carbocycles. The van der Waals surface area contributed by atoms with Gasteiger partial charge < -0.3 is 0 Å². The molecule has 0 atom stereocenters. The number of fused-ring (bicyclic) bond motifs is 6. The lowest BCUT2D eigenvalue weighted by atomic mass is 9.86. The van der Waals surface area contributed by atoms with Crippen LogP contribution in [0.1, 0.15) is 76.3 Å². The predicted octanol–water partition coefficient (Wildman–Crippen LogP) is 19.4. The summed E-state index contributed by atoms with van der Waals surface area (Å²) in [5.41, 5.74) is 19.4. The molecule has 0 fully saturated rings. The molecular formula is C66H56Cl2N4. The van der Waals surface area contributed by atoms with Crippen LogP contribution in [0, 0.1) is 0 Å². The summed E-state index contributed by atoms with van der Waals surface area (Å²) < 4.78 is 0. The maximum atomic E-state index is 6.22. The normalized spacial score (nSPS) is 11.6. The number of rotatable bonds is 16. The number of halogens is 2. The number of pyridine rings is 4. The average Bonchev–Trinajstić information content (AvgIpc) is 3.43. The quantitative estimate of drug-likeness (QED) is 0.0715. The van der Waals surface area contributed by atoms with E-state index in [9.17, 15) is 0 Å². The minimum atomic E-state index is 0.710. The van der Waals surface area contributed by atoms with E-state index < -0.39 is 0 Å². The summed E-state index contributed by atoms with van der Waals surface area (Å²) in [6, 6.07) is 64.5. The Balaban J connectivity index is 0.933. The number of hydrogen-bond acceptors (Lipinski definition) is 4. The van der Waals surface area contributed by atoms with Gasteiger partial charge in [-0.2, -0.15) is 0 Å². The van der Waals surface area contributed by atoms with Gasteiger partial charge in [-0.25, -0.2) is 19.9 Å². The van der Waals surface area contributed by atoms with Crippen LogP contribution >= 0.6 is 23.2 Å². The molecule has 0 unspecified atom stereocenters. The lowest BCUT2D eigenvalue weighted by Crippen LogP contribution is -1.99. The molecule has 11 rings (SSSR count). The lowest BCUT2D eigenvalue weighted by molar-refractivity contribution is 0.664. The van der Waals surface area contributed by atoms with E-state index in [-0.39, 0.29) is 0 Å². The average molecular weight is 976 g/mol. The molecule has 0 bridgehead atoms. The van der Waals surface area contributed by atoms with E-state index in [1.807, 2.05) is 48.5 Å². The summed E-state index contributed by atoms with van der Waals surface area (Å²) >= 11 is 12.4. The molecule has 4 heterocycles. The van der Waals surface area contributed by atoms with Gasteiger partial charge in [0.05, 0.1) is 44.8 Å². The number of nitrogens with zero attached hydrogens (tertiary/aromatic N) is 4. The first-order valence-corrected chi connectivity index (χ1v) is 26.4. The Labute approximate surface area is 432 Å². The van der Waals surface area contributed by atoms with Crippen LogP contribution in [0.3, 0.4) is 0 Å². The van der Waals surface area contributed by atoms with Gasteiger partial charge in [-0.05, 0) is 108 Å². The molecule has 6 heteroatoms. The smallest absolute Gasteiger partial charge is 0.0972 e. The van der Waals surface area contributed by atoms with Crippen molar-refractivity contribution in [3.05, 3.63) is 203 Å². The largest absolute Gasteiger partial charge is 0.245 e. The van der Waals surface area contributed by atoms with Gasteiger partial charge in [-0.3, -0.25) is 0 Å². The summed E-state index contributed by atoms with van der Waals surface area (Å²) in [4.78, 5) is 20.8. The molecule has 0 aliphatic rings. The van der Waals surface area contributed by atoms with Crippen molar-refractivity contribution in [1.29, 1.82) is 0 Å². The fraction of sp³-hybridized carbons (Fsp3) is 0.182. The molecule has 354 valence electrons. The summed E-state index contributed by atoms with van der Waals surface area (Å²) in [6.45, 7) is 4.57. The Hall–Kier alpha value is -7.24. The molecule has 7 aromatic carbocycles. The van der Waals surface area contributed by atoms with Gasteiger partial charge in [0.1, 0.15) is 0 Å². The topological polar surface area (TPSA) is 51.6 Å². The molecule has 4 aromatic heterocycles. The first-order valence-electron chi connectivity index (χ1n) is 25.7. The van der Waals surface area contributed by atoms with Crippen molar-refractivity contribution >= 4 is 66.8 Å². The monoisotopic (exact) mass is 974 g/mol. The van der Waals surface area contributed by atoms with Crippen molar-refractivity contribution in [2.24, 2.45) is 0 Å². The predicted molar refractivity (Wildman–Crippen MR) is 306 cm³/mol. The summed E-state index contributed by atoms with van der Waals surface area (Å²) in [5, 5.41) is 5.69. The zero-order chi connectivity index (χ0) is 49.0. The zero-order valence-corrected chi connectivity index (χ0v) is 42.4. The molecule has 72 heavy (non-hydrogen) atoms. The van der Waals surface area contributed by atoms with Crippen LogP contribution in [-0.2, 0) is 12.8 Å². The summed E-state index contributed by atoms with van der Waals surface area (Å²) in [5.74, 6) is 0. The third kappa shape index (κ3) is 9.99. The third-order valence-electron chi connectivity index (χ3n) is 14.2. The van der Waals surface area contributed by atoms with Crippen LogP contribution in [0.15, 0.2) is 182 Å². The first kappa shape index (κ1) is 47.1. The summed E-state index contributed by atoms with van der Waals surface area (Å²) in [7, 11) is 0. The first-order chi connectivity index (χ1) is 35.4. The van der Waals surface area contributed by atoms with Crippen molar-refractivity contribution in [3.63, 3.8) is 0 Å². The molecule has 0 saturated heterocycles. The van der Waals surface area contributed by atoms with Crippen molar-refractivity contribution in [3.8, 4) is 67.3 Å². The number of benzene rings is 7. The van der Waals surface area contributed by atoms with Crippen LogP contribution < -0.4 is 0 Å². The molecule has 0 N–H and O–H groups in total.